The number of anilines is 1. The number of benzene rings is 4. The molecule has 0 fully saturated rings. The Bertz CT molecular complexity index is 1640. The van der Waals surface area contributed by atoms with Crippen molar-refractivity contribution in [2.24, 2.45) is 0 Å². The van der Waals surface area contributed by atoms with Crippen molar-refractivity contribution in [3.63, 3.8) is 0 Å². The predicted octanol–water partition coefficient (Wildman–Crippen LogP) is 8.66. The highest BCUT2D eigenvalue weighted by atomic mass is 127. The van der Waals surface area contributed by atoms with E-state index < -0.39 is 5.91 Å². The standard InChI is InChI=1S/C34H30ClIN2O4/c1-4-40-32-18-25(17-31(36)33(32)42-20-24-10-9-22(2)23(3)15-24)16-27(19-37)34(39)38-28-11-13-29(14-12-28)41-21-26-7-5-6-8-30(26)35/h5-18H,4,20-21H2,1-3H3,(H,38,39)/b27-16+. The minimum Gasteiger partial charge on any atom is -0.490 e. The maximum Gasteiger partial charge on any atom is 0.266 e. The van der Waals surface area contributed by atoms with Gasteiger partial charge in [-0.1, -0.05) is 48.0 Å². The SMILES string of the molecule is CCOc1cc(/C=C(\C#N)C(=O)Nc2ccc(OCc3ccccc3Cl)cc2)cc(I)c1OCc1ccc(C)c(C)c1. The van der Waals surface area contributed by atoms with Crippen LogP contribution in [0.15, 0.2) is 84.4 Å². The Morgan fingerprint density at radius 1 is 0.952 bits per heavy atom. The average molecular weight is 693 g/mol. The zero-order valence-electron chi connectivity index (χ0n) is 23.5. The Kier molecular flexibility index (Phi) is 10.9. The molecule has 0 saturated heterocycles. The molecule has 0 aliphatic heterocycles. The zero-order chi connectivity index (χ0) is 30.1. The van der Waals surface area contributed by atoms with Gasteiger partial charge in [0.05, 0.1) is 10.2 Å². The van der Waals surface area contributed by atoms with Crippen LogP contribution in [0.4, 0.5) is 5.69 Å². The zero-order valence-corrected chi connectivity index (χ0v) is 26.5. The molecule has 0 aliphatic rings. The smallest absolute Gasteiger partial charge is 0.266 e. The van der Waals surface area contributed by atoms with Crippen LogP contribution in [-0.2, 0) is 18.0 Å². The van der Waals surface area contributed by atoms with Crippen molar-refractivity contribution in [3.8, 4) is 23.3 Å². The second kappa shape index (κ2) is 14.8. The van der Waals surface area contributed by atoms with Crippen LogP contribution in [0.1, 0.15) is 34.7 Å². The monoisotopic (exact) mass is 692 g/mol. The van der Waals surface area contributed by atoms with Crippen LogP contribution in [0.5, 0.6) is 17.2 Å². The minimum atomic E-state index is -0.523. The van der Waals surface area contributed by atoms with E-state index in [0.29, 0.717) is 53.3 Å². The molecule has 1 amide bonds. The quantitative estimate of drug-likeness (QED) is 0.0967. The largest absolute Gasteiger partial charge is 0.490 e. The Balaban J connectivity index is 1.44. The molecule has 1 N–H and O–H groups in total. The fourth-order valence-corrected chi connectivity index (χ4v) is 5.02. The summed E-state index contributed by atoms with van der Waals surface area (Å²) in [6.45, 7) is 7.20. The molecule has 42 heavy (non-hydrogen) atoms. The Morgan fingerprint density at radius 2 is 1.71 bits per heavy atom. The lowest BCUT2D eigenvalue weighted by Gasteiger charge is -2.15. The van der Waals surface area contributed by atoms with E-state index >= 15 is 0 Å². The van der Waals surface area contributed by atoms with Crippen LogP contribution < -0.4 is 19.5 Å². The lowest BCUT2D eigenvalue weighted by atomic mass is 10.1. The van der Waals surface area contributed by atoms with E-state index in [2.05, 4.69) is 53.9 Å². The van der Waals surface area contributed by atoms with Gasteiger partial charge in [0.15, 0.2) is 11.5 Å². The first-order valence-electron chi connectivity index (χ1n) is 13.3. The Labute approximate surface area is 265 Å². The number of hydrogen-bond acceptors (Lipinski definition) is 5. The molecule has 0 radical (unpaired) electrons. The fraction of sp³-hybridized carbons (Fsp3) is 0.176. The molecule has 4 aromatic carbocycles. The topological polar surface area (TPSA) is 80.6 Å². The molecule has 8 heteroatoms. The molecule has 0 saturated carbocycles. The molecule has 0 bridgehead atoms. The van der Waals surface area contributed by atoms with Crippen LogP contribution in [0.3, 0.4) is 0 Å². The number of halogens is 2. The molecule has 214 valence electrons. The maximum atomic E-state index is 12.9. The minimum absolute atomic E-state index is 0.0453. The van der Waals surface area contributed by atoms with Gasteiger partial charge in [-0.25, -0.2) is 0 Å². The van der Waals surface area contributed by atoms with Gasteiger partial charge in [-0.15, -0.1) is 0 Å². The van der Waals surface area contributed by atoms with Gasteiger partial charge in [0, 0.05) is 16.3 Å². The van der Waals surface area contributed by atoms with E-state index in [1.807, 2.05) is 49.4 Å². The van der Waals surface area contributed by atoms with E-state index in [0.717, 1.165) is 14.7 Å². The summed E-state index contributed by atoms with van der Waals surface area (Å²) in [5.41, 5.74) is 5.51. The van der Waals surface area contributed by atoms with Gasteiger partial charge in [0.25, 0.3) is 5.91 Å². The summed E-state index contributed by atoms with van der Waals surface area (Å²) in [5.74, 6) is 1.27. The van der Waals surface area contributed by atoms with Crippen LogP contribution in [0.25, 0.3) is 6.08 Å². The van der Waals surface area contributed by atoms with Crippen molar-refractivity contribution < 1.29 is 19.0 Å². The van der Waals surface area contributed by atoms with Gasteiger partial charge in [-0.05, 0) is 114 Å². The summed E-state index contributed by atoms with van der Waals surface area (Å²) in [7, 11) is 0. The molecule has 4 rings (SSSR count). The van der Waals surface area contributed by atoms with Gasteiger partial charge in [-0.2, -0.15) is 5.26 Å². The number of nitrogens with one attached hydrogen (secondary N) is 1. The van der Waals surface area contributed by atoms with Crippen LogP contribution in [0.2, 0.25) is 5.02 Å². The van der Waals surface area contributed by atoms with E-state index in [-0.39, 0.29) is 5.57 Å². The van der Waals surface area contributed by atoms with Crippen molar-refractivity contribution in [3.05, 3.63) is 121 Å². The van der Waals surface area contributed by atoms with Gasteiger partial charge in [0.1, 0.15) is 30.6 Å². The molecule has 6 nitrogen and oxygen atoms in total. The normalized spacial score (nSPS) is 11.0. The summed E-state index contributed by atoms with van der Waals surface area (Å²) >= 11 is 8.37. The first-order valence-corrected chi connectivity index (χ1v) is 14.8. The van der Waals surface area contributed by atoms with Crippen LogP contribution in [-0.4, -0.2) is 12.5 Å². The number of amides is 1. The third-order valence-corrected chi connectivity index (χ3v) is 7.60. The van der Waals surface area contributed by atoms with Gasteiger partial charge in [-0.3, -0.25) is 4.79 Å². The van der Waals surface area contributed by atoms with Crippen LogP contribution >= 0.6 is 34.2 Å². The molecular weight excluding hydrogens is 663 g/mol. The van der Waals surface area contributed by atoms with Crippen molar-refractivity contribution >= 4 is 51.9 Å². The van der Waals surface area contributed by atoms with E-state index in [4.69, 9.17) is 25.8 Å². The molecule has 4 aromatic rings. The average Bonchev–Trinajstić information content (AvgIpc) is 2.97. The van der Waals surface area contributed by atoms with Crippen molar-refractivity contribution in [2.75, 3.05) is 11.9 Å². The number of aryl methyl sites for hydroxylation is 2. The number of ether oxygens (including phenoxy) is 3. The Morgan fingerprint density at radius 3 is 2.40 bits per heavy atom. The lowest BCUT2D eigenvalue weighted by Crippen LogP contribution is -2.13. The predicted molar refractivity (Wildman–Crippen MR) is 175 cm³/mol. The summed E-state index contributed by atoms with van der Waals surface area (Å²) in [5, 5.41) is 13.2. The highest BCUT2D eigenvalue weighted by Gasteiger charge is 2.15. The van der Waals surface area contributed by atoms with Crippen molar-refractivity contribution in [2.45, 2.75) is 34.0 Å². The highest BCUT2D eigenvalue weighted by Crippen LogP contribution is 2.36. The molecule has 0 aliphatic carbocycles. The summed E-state index contributed by atoms with van der Waals surface area (Å²) in [4.78, 5) is 12.9. The number of hydrogen-bond donors (Lipinski definition) is 1. The van der Waals surface area contributed by atoms with Crippen molar-refractivity contribution in [1.29, 1.82) is 5.26 Å². The summed E-state index contributed by atoms with van der Waals surface area (Å²) < 4.78 is 18.6. The third kappa shape index (κ3) is 8.28. The van der Waals surface area contributed by atoms with Gasteiger partial charge in [0.2, 0.25) is 0 Å². The maximum absolute atomic E-state index is 12.9. The summed E-state index contributed by atoms with van der Waals surface area (Å²) in [6.07, 6.45) is 1.54. The lowest BCUT2D eigenvalue weighted by molar-refractivity contribution is -0.112. The van der Waals surface area contributed by atoms with Crippen LogP contribution in [0, 0.1) is 28.7 Å². The molecule has 0 atom stereocenters. The number of rotatable bonds is 11. The second-order valence-electron chi connectivity index (χ2n) is 9.50. The highest BCUT2D eigenvalue weighted by molar-refractivity contribution is 14.1. The third-order valence-electron chi connectivity index (χ3n) is 6.43. The van der Waals surface area contributed by atoms with E-state index in [9.17, 15) is 10.1 Å². The molecule has 0 spiro atoms. The van der Waals surface area contributed by atoms with Gasteiger partial charge < -0.3 is 19.5 Å². The molecular formula is C34H30ClIN2O4. The number of carbonyl (C=O) groups excluding carboxylic acids is 1. The number of nitrogens with zero attached hydrogens (tertiary/aromatic N) is 1. The van der Waals surface area contributed by atoms with E-state index in [1.165, 1.54) is 17.2 Å². The molecule has 0 unspecified atom stereocenters. The van der Waals surface area contributed by atoms with Gasteiger partial charge >= 0.3 is 0 Å². The van der Waals surface area contributed by atoms with Crippen molar-refractivity contribution in [1.82, 2.24) is 0 Å². The fourth-order valence-electron chi connectivity index (χ4n) is 4.05. The molecule has 0 aromatic heterocycles. The number of nitriles is 1. The van der Waals surface area contributed by atoms with E-state index in [1.54, 1.807) is 30.3 Å². The number of carbonyl (C=O) groups is 1. The first-order chi connectivity index (χ1) is 20.3. The Hall–Kier alpha value is -4.00. The molecule has 0 heterocycles. The second-order valence-corrected chi connectivity index (χ2v) is 11.1. The summed E-state index contributed by atoms with van der Waals surface area (Å²) in [6, 6.07) is 26.3. The first kappa shape index (κ1) is 30.9.